The van der Waals surface area contributed by atoms with Gasteiger partial charge in [0.05, 0.1) is 37.8 Å². The van der Waals surface area contributed by atoms with Crippen LogP contribution in [0.4, 0.5) is 0 Å². The lowest BCUT2D eigenvalue weighted by Crippen LogP contribution is -2.21. The Bertz CT molecular complexity index is 318. The standard InChI is InChI=1S/C13H21N3O2/c1-2-12-10-14-4-6-17-8-9-18-7-5-15-11-13(3-1)16-12/h1-3,14-15H,4-11H2. The first-order valence-corrected chi connectivity index (χ1v) is 6.47. The van der Waals surface area contributed by atoms with Gasteiger partial charge in [-0.2, -0.15) is 0 Å². The van der Waals surface area contributed by atoms with E-state index in [0.29, 0.717) is 26.4 Å². The van der Waals surface area contributed by atoms with Gasteiger partial charge in [-0.25, -0.2) is 0 Å². The first kappa shape index (κ1) is 13.4. The smallest absolute Gasteiger partial charge is 0.0701 e. The second-order valence-corrected chi connectivity index (χ2v) is 4.20. The van der Waals surface area contributed by atoms with Gasteiger partial charge in [-0.15, -0.1) is 0 Å². The summed E-state index contributed by atoms with van der Waals surface area (Å²) in [5.41, 5.74) is 2.14. The fraction of sp³-hybridized carbons (Fsp3) is 0.615. The summed E-state index contributed by atoms with van der Waals surface area (Å²) in [5, 5.41) is 6.63. The number of hydrogen-bond donors (Lipinski definition) is 2. The third-order valence-corrected chi connectivity index (χ3v) is 2.70. The molecule has 100 valence electrons. The maximum Gasteiger partial charge on any atom is 0.0701 e. The van der Waals surface area contributed by atoms with E-state index in [1.807, 2.05) is 18.2 Å². The van der Waals surface area contributed by atoms with E-state index >= 15 is 0 Å². The third kappa shape index (κ3) is 5.10. The number of nitrogens with zero attached hydrogens (tertiary/aromatic N) is 1. The van der Waals surface area contributed by atoms with Gasteiger partial charge < -0.3 is 20.1 Å². The predicted octanol–water partition coefficient (Wildman–Crippen LogP) is 0.308. The van der Waals surface area contributed by atoms with Crippen molar-refractivity contribution in [3.8, 4) is 0 Å². The van der Waals surface area contributed by atoms with Crippen molar-refractivity contribution in [3.05, 3.63) is 29.6 Å². The number of aromatic nitrogens is 1. The van der Waals surface area contributed by atoms with Gasteiger partial charge in [0.1, 0.15) is 0 Å². The lowest BCUT2D eigenvalue weighted by molar-refractivity contribution is 0.0498. The monoisotopic (exact) mass is 251 g/mol. The molecular weight excluding hydrogens is 230 g/mol. The molecule has 0 aromatic carbocycles. The molecule has 0 radical (unpaired) electrons. The highest BCUT2D eigenvalue weighted by molar-refractivity contribution is 5.11. The van der Waals surface area contributed by atoms with Gasteiger partial charge >= 0.3 is 0 Å². The normalized spacial score (nSPS) is 19.8. The van der Waals surface area contributed by atoms with Crippen LogP contribution in [0.3, 0.4) is 0 Å². The van der Waals surface area contributed by atoms with E-state index < -0.39 is 0 Å². The molecule has 0 unspecified atom stereocenters. The van der Waals surface area contributed by atoms with E-state index in [-0.39, 0.29) is 0 Å². The van der Waals surface area contributed by atoms with Crippen LogP contribution in [0.25, 0.3) is 0 Å². The van der Waals surface area contributed by atoms with Gasteiger partial charge in [-0.1, -0.05) is 6.07 Å². The predicted molar refractivity (Wildman–Crippen MR) is 69.3 cm³/mol. The molecule has 0 aliphatic carbocycles. The Kier molecular flexibility index (Phi) is 6.08. The maximum absolute atomic E-state index is 5.44. The summed E-state index contributed by atoms with van der Waals surface area (Å²) in [6.45, 7) is 5.99. The first-order valence-electron chi connectivity index (χ1n) is 6.47. The van der Waals surface area contributed by atoms with Crippen LogP contribution >= 0.6 is 0 Å². The summed E-state index contributed by atoms with van der Waals surface area (Å²) in [6, 6.07) is 6.13. The minimum atomic E-state index is 0.660. The third-order valence-electron chi connectivity index (χ3n) is 2.70. The summed E-state index contributed by atoms with van der Waals surface area (Å²) in [4.78, 5) is 4.58. The zero-order valence-corrected chi connectivity index (χ0v) is 10.7. The fourth-order valence-corrected chi connectivity index (χ4v) is 1.77. The molecule has 2 rings (SSSR count). The molecule has 2 bridgehead atoms. The van der Waals surface area contributed by atoms with E-state index in [2.05, 4.69) is 15.6 Å². The molecule has 2 heterocycles. The number of hydrogen-bond acceptors (Lipinski definition) is 5. The summed E-state index contributed by atoms with van der Waals surface area (Å²) >= 11 is 0. The van der Waals surface area contributed by atoms with Gasteiger partial charge in [0.15, 0.2) is 0 Å². The van der Waals surface area contributed by atoms with Crippen LogP contribution in [0.5, 0.6) is 0 Å². The average molecular weight is 251 g/mol. The van der Waals surface area contributed by atoms with Gasteiger partial charge in [-0.05, 0) is 12.1 Å². The molecule has 2 N–H and O–H groups in total. The van der Waals surface area contributed by atoms with Crippen molar-refractivity contribution in [2.45, 2.75) is 13.1 Å². The van der Waals surface area contributed by atoms with Crippen molar-refractivity contribution < 1.29 is 9.47 Å². The van der Waals surface area contributed by atoms with Crippen LogP contribution in [0.15, 0.2) is 18.2 Å². The van der Waals surface area contributed by atoms with Crippen LogP contribution < -0.4 is 10.6 Å². The highest BCUT2D eigenvalue weighted by atomic mass is 16.5. The van der Waals surface area contributed by atoms with Crippen molar-refractivity contribution in [3.63, 3.8) is 0 Å². The van der Waals surface area contributed by atoms with E-state index in [1.165, 1.54) is 0 Å². The summed E-state index contributed by atoms with van der Waals surface area (Å²) < 4.78 is 10.9. The Morgan fingerprint density at radius 2 is 1.39 bits per heavy atom. The lowest BCUT2D eigenvalue weighted by Gasteiger charge is -2.06. The lowest BCUT2D eigenvalue weighted by atomic mass is 10.3. The molecule has 5 heteroatoms. The summed E-state index contributed by atoms with van der Waals surface area (Å²) in [5.74, 6) is 0. The van der Waals surface area contributed by atoms with Crippen molar-refractivity contribution in [1.29, 1.82) is 0 Å². The van der Waals surface area contributed by atoms with Gasteiger partial charge in [0, 0.05) is 26.2 Å². The Balaban J connectivity index is 1.87. The molecular formula is C13H21N3O2. The van der Waals surface area contributed by atoms with E-state index in [4.69, 9.17) is 9.47 Å². The second-order valence-electron chi connectivity index (χ2n) is 4.20. The highest BCUT2D eigenvalue weighted by Gasteiger charge is 1.99. The fourth-order valence-electron chi connectivity index (χ4n) is 1.77. The van der Waals surface area contributed by atoms with Gasteiger partial charge in [0.25, 0.3) is 0 Å². The molecule has 0 atom stereocenters. The molecule has 18 heavy (non-hydrogen) atoms. The van der Waals surface area contributed by atoms with Gasteiger partial charge in [0.2, 0.25) is 0 Å². The second kappa shape index (κ2) is 8.16. The SMILES string of the molecule is c1cc2nc(c1)CNCCOCCOCCNC2. The van der Waals surface area contributed by atoms with E-state index in [0.717, 1.165) is 37.6 Å². The van der Waals surface area contributed by atoms with Crippen molar-refractivity contribution in [2.24, 2.45) is 0 Å². The quantitative estimate of drug-likeness (QED) is 0.695. The topological polar surface area (TPSA) is 55.4 Å². The molecule has 1 aliphatic rings. The number of pyridine rings is 1. The zero-order chi connectivity index (χ0) is 12.5. The molecule has 1 aliphatic heterocycles. The molecule has 0 spiro atoms. The Labute approximate surface area is 108 Å². The van der Waals surface area contributed by atoms with Crippen LogP contribution in [0.1, 0.15) is 11.4 Å². The average Bonchev–Trinajstić information content (AvgIpc) is 2.40. The van der Waals surface area contributed by atoms with Crippen molar-refractivity contribution >= 4 is 0 Å². The van der Waals surface area contributed by atoms with Crippen LogP contribution in [-0.2, 0) is 22.6 Å². The number of nitrogens with one attached hydrogen (secondary N) is 2. The molecule has 0 saturated heterocycles. The first-order chi connectivity index (χ1) is 8.95. The molecule has 0 saturated carbocycles. The van der Waals surface area contributed by atoms with Crippen LogP contribution in [0.2, 0.25) is 0 Å². The number of ether oxygens (including phenoxy) is 2. The van der Waals surface area contributed by atoms with Crippen molar-refractivity contribution in [1.82, 2.24) is 15.6 Å². The molecule has 1 aromatic heterocycles. The minimum absolute atomic E-state index is 0.660. The summed E-state index contributed by atoms with van der Waals surface area (Å²) in [6.07, 6.45) is 0. The molecule has 5 nitrogen and oxygen atoms in total. The van der Waals surface area contributed by atoms with Crippen LogP contribution in [0, 0.1) is 0 Å². The molecule has 0 fully saturated rings. The van der Waals surface area contributed by atoms with Crippen LogP contribution in [-0.4, -0.2) is 44.5 Å². The number of fused-ring (bicyclic) bond motifs is 2. The molecule has 1 aromatic rings. The maximum atomic E-state index is 5.44. The van der Waals surface area contributed by atoms with E-state index in [9.17, 15) is 0 Å². The van der Waals surface area contributed by atoms with E-state index in [1.54, 1.807) is 0 Å². The number of rotatable bonds is 0. The highest BCUT2D eigenvalue weighted by Crippen LogP contribution is 1.99. The Morgan fingerprint density at radius 1 is 0.833 bits per heavy atom. The Hall–Kier alpha value is -1.01. The molecule has 0 amide bonds. The van der Waals surface area contributed by atoms with Crippen molar-refractivity contribution in [2.75, 3.05) is 39.5 Å². The minimum Gasteiger partial charge on any atom is -0.378 e. The summed E-state index contributed by atoms with van der Waals surface area (Å²) in [7, 11) is 0. The van der Waals surface area contributed by atoms with Gasteiger partial charge in [-0.3, -0.25) is 4.98 Å². The Morgan fingerprint density at radius 3 is 1.94 bits per heavy atom. The largest absolute Gasteiger partial charge is 0.378 e. The zero-order valence-electron chi connectivity index (χ0n) is 10.7.